The summed E-state index contributed by atoms with van der Waals surface area (Å²) in [5.41, 5.74) is 0.0752. The van der Waals surface area contributed by atoms with Crippen LogP contribution in [0.5, 0.6) is 0 Å². The number of amides is 2. The van der Waals surface area contributed by atoms with Gasteiger partial charge in [0, 0.05) is 26.7 Å². The van der Waals surface area contributed by atoms with Gasteiger partial charge in [0.15, 0.2) is 0 Å². The summed E-state index contributed by atoms with van der Waals surface area (Å²) in [6.45, 7) is 5.54. The molecule has 0 aromatic heterocycles. The van der Waals surface area contributed by atoms with Crippen LogP contribution in [0.15, 0.2) is 30.3 Å². The number of likely N-dealkylation sites (tertiary alicyclic amines) is 1. The molecule has 0 saturated carbocycles. The molecule has 1 aliphatic heterocycles. The second-order valence-electron chi connectivity index (χ2n) is 6.27. The number of rotatable bonds is 4. The van der Waals surface area contributed by atoms with Crippen molar-refractivity contribution < 1.29 is 9.59 Å². The van der Waals surface area contributed by atoms with Crippen molar-refractivity contribution in [3.05, 3.63) is 35.9 Å². The second kappa shape index (κ2) is 6.29. The average molecular weight is 288 g/mol. The van der Waals surface area contributed by atoms with E-state index < -0.39 is 5.41 Å². The number of carbonyl (C=O) groups excluding carboxylic acids is 2. The molecule has 1 aromatic carbocycles. The molecule has 0 unspecified atom stereocenters. The van der Waals surface area contributed by atoms with Crippen molar-refractivity contribution in [1.82, 2.24) is 9.80 Å². The van der Waals surface area contributed by atoms with E-state index >= 15 is 0 Å². The summed E-state index contributed by atoms with van der Waals surface area (Å²) in [4.78, 5) is 28.6. The zero-order valence-corrected chi connectivity index (χ0v) is 13.1. The first-order valence-electron chi connectivity index (χ1n) is 7.52. The van der Waals surface area contributed by atoms with Crippen LogP contribution >= 0.6 is 0 Å². The van der Waals surface area contributed by atoms with Crippen LogP contribution in [0.25, 0.3) is 0 Å². The molecule has 2 rings (SSSR count). The van der Waals surface area contributed by atoms with Crippen LogP contribution in [0.2, 0.25) is 0 Å². The van der Waals surface area contributed by atoms with Crippen molar-refractivity contribution in [2.45, 2.75) is 33.2 Å². The van der Waals surface area contributed by atoms with Crippen LogP contribution in [0.3, 0.4) is 0 Å². The van der Waals surface area contributed by atoms with E-state index in [1.165, 1.54) is 0 Å². The number of benzene rings is 1. The molecule has 1 saturated heterocycles. The van der Waals surface area contributed by atoms with E-state index in [9.17, 15) is 9.59 Å². The maximum atomic E-state index is 12.6. The molecule has 2 amide bonds. The first-order chi connectivity index (χ1) is 9.93. The predicted molar refractivity (Wildman–Crippen MR) is 82.5 cm³/mol. The SMILES string of the molecule is CN(Cc1ccccc1)C(=O)C(C)(C)C(=O)N1CCCC1. The summed E-state index contributed by atoms with van der Waals surface area (Å²) in [6.07, 6.45) is 2.08. The highest BCUT2D eigenvalue weighted by Crippen LogP contribution is 2.25. The largest absolute Gasteiger partial charge is 0.342 e. The van der Waals surface area contributed by atoms with Crippen molar-refractivity contribution in [1.29, 1.82) is 0 Å². The topological polar surface area (TPSA) is 40.6 Å². The molecule has 114 valence electrons. The first-order valence-corrected chi connectivity index (χ1v) is 7.52. The summed E-state index contributed by atoms with van der Waals surface area (Å²) in [6, 6.07) is 9.83. The fourth-order valence-electron chi connectivity index (χ4n) is 2.81. The molecule has 1 aromatic rings. The Labute approximate surface area is 126 Å². The monoisotopic (exact) mass is 288 g/mol. The van der Waals surface area contributed by atoms with Crippen LogP contribution in [0.1, 0.15) is 32.3 Å². The van der Waals surface area contributed by atoms with Gasteiger partial charge in [0.1, 0.15) is 5.41 Å². The quantitative estimate of drug-likeness (QED) is 0.798. The molecule has 4 nitrogen and oxygen atoms in total. The van der Waals surface area contributed by atoms with E-state index in [4.69, 9.17) is 0 Å². The van der Waals surface area contributed by atoms with Crippen molar-refractivity contribution >= 4 is 11.8 Å². The molecule has 0 bridgehead atoms. The van der Waals surface area contributed by atoms with Gasteiger partial charge in [-0.2, -0.15) is 0 Å². The van der Waals surface area contributed by atoms with Crippen LogP contribution < -0.4 is 0 Å². The van der Waals surface area contributed by atoms with E-state index in [0.29, 0.717) is 6.54 Å². The maximum absolute atomic E-state index is 12.6. The molecule has 0 radical (unpaired) electrons. The lowest BCUT2D eigenvalue weighted by atomic mass is 9.89. The van der Waals surface area contributed by atoms with E-state index in [1.54, 1.807) is 25.8 Å². The third-order valence-corrected chi connectivity index (χ3v) is 4.07. The van der Waals surface area contributed by atoms with Gasteiger partial charge < -0.3 is 9.80 Å². The van der Waals surface area contributed by atoms with Gasteiger partial charge in [0.25, 0.3) is 0 Å². The molecule has 1 heterocycles. The van der Waals surface area contributed by atoms with Crippen molar-refractivity contribution in [3.63, 3.8) is 0 Å². The number of hydrogen-bond donors (Lipinski definition) is 0. The Hall–Kier alpha value is -1.84. The summed E-state index contributed by atoms with van der Waals surface area (Å²) in [7, 11) is 1.76. The van der Waals surface area contributed by atoms with Crippen molar-refractivity contribution in [2.75, 3.05) is 20.1 Å². The average Bonchev–Trinajstić information content (AvgIpc) is 3.00. The summed E-state index contributed by atoms with van der Waals surface area (Å²) >= 11 is 0. The van der Waals surface area contributed by atoms with Crippen LogP contribution in [0, 0.1) is 5.41 Å². The van der Waals surface area contributed by atoms with Crippen molar-refractivity contribution in [2.24, 2.45) is 5.41 Å². The maximum Gasteiger partial charge on any atom is 0.237 e. The third kappa shape index (κ3) is 3.43. The molecule has 1 aliphatic rings. The minimum absolute atomic E-state index is 0.0510. The standard InChI is InChI=1S/C17H24N2O2/c1-17(2,16(21)19-11-7-8-12-19)15(20)18(3)13-14-9-5-4-6-10-14/h4-6,9-10H,7-8,11-13H2,1-3H3. The minimum atomic E-state index is -0.992. The fourth-order valence-corrected chi connectivity index (χ4v) is 2.81. The number of carbonyl (C=O) groups is 2. The summed E-state index contributed by atoms with van der Waals surface area (Å²) < 4.78 is 0. The zero-order chi connectivity index (χ0) is 15.5. The van der Waals surface area contributed by atoms with E-state index in [0.717, 1.165) is 31.5 Å². The molecule has 0 N–H and O–H groups in total. The predicted octanol–water partition coefficient (Wildman–Crippen LogP) is 2.29. The van der Waals surface area contributed by atoms with Gasteiger partial charge in [-0.1, -0.05) is 30.3 Å². The van der Waals surface area contributed by atoms with Gasteiger partial charge >= 0.3 is 0 Å². The lowest BCUT2D eigenvalue weighted by molar-refractivity contribution is -0.153. The zero-order valence-electron chi connectivity index (χ0n) is 13.1. The highest BCUT2D eigenvalue weighted by Gasteiger charge is 2.41. The Kier molecular flexibility index (Phi) is 4.66. The summed E-state index contributed by atoms with van der Waals surface area (Å²) in [5, 5.41) is 0. The highest BCUT2D eigenvalue weighted by molar-refractivity contribution is 6.04. The minimum Gasteiger partial charge on any atom is -0.342 e. The van der Waals surface area contributed by atoms with E-state index in [1.807, 2.05) is 35.2 Å². The molecule has 0 atom stereocenters. The normalized spacial score (nSPS) is 15.1. The fraction of sp³-hybridized carbons (Fsp3) is 0.529. The third-order valence-electron chi connectivity index (χ3n) is 4.07. The Balaban J connectivity index is 2.04. The first kappa shape index (κ1) is 15.5. The molecule has 1 fully saturated rings. The highest BCUT2D eigenvalue weighted by atomic mass is 16.2. The van der Waals surface area contributed by atoms with Gasteiger partial charge in [0.05, 0.1) is 0 Å². The van der Waals surface area contributed by atoms with Crippen LogP contribution in [-0.4, -0.2) is 41.8 Å². The van der Waals surface area contributed by atoms with Gasteiger partial charge in [-0.25, -0.2) is 0 Å². The Morgan fingerprint density at radius 2 is 1.71 bits per heavy atom. The number of hydrogen-bond acceptors (Lipinski definition) is 2. The molecule has 21 heavy (non-hydrogen) atoms. The molecular formula is C17H24N2O2. The molecule has 4 heteroatoms. The Bertz CT molecular complexity index is 505. The Morgan fingerprint density at radius 3 is 2.29 bits per heavy atom. The van der Waals surface area contributed by atoms with Gasteiger partial charge in [-0.15, -0.1) is 0 Å². The van der Waals surface area contributed by atoms with Crippen LogP contribution in [-0.2, 0) is 16.1 Å². The van der Waals surface area contributed by atoms with Gasteiger partial charge in [-0.3, -0.25) is 9.59 Å². The van der Waals surface area contributed by atoms with E-state index in [2.05, 4.69) is 0 Å². The second-order valence-corrected chi connectivity index (χ2v) is 6.27. The molecule has 0 spiro atoms. The molecular weight excluding hydrogens is 264 g/mol. The summed E-state index contributed by atoms with van der Waals surface area (Å²) in [5.74, 6) is -0.173. The van der Waals surface area contributed by atoms with E-state index in [-0.39, 0.29) is 11.8 Å². The van der Waals surface area contributed by atoms with Gasteiger partial charge in [-0.05, 0) is 32.3 Å². The smallest absolute Gasteiger partial charge is 0.237 e. The lowest BCUT2D eigenvalue weighted by Gasteiger charge is -2.31. The molecule has 0 aliphatic carbocycles. The lowest BCUT2D eigenvalue weighted by Crippen LogP contribution is -2.49. The number of nitrogens with zero attached hydrogens (tertiary/aromatic N) is 2. The van der Waals surface area contributed by atoms with Crippen LogP contribution in [0.4, 0.5) is 0 Å². The van der Waals surface area contributed by atoms with Crippen molar-refractivity contribution in [3.8, 4) is 0 Å². The Morgan fingerprint density at radius 1 is 1.14 bits per heavy atom. The van der Waals surface area contributed by atoms with Gasteiger partial charge in [0.2, 0.25) is 11.8 Å².